The first kappa shape index (κ1) is 34.9. The minimum atomic E-state index is -0.765. The summed E-state index contributed by atoms with van der Waals surface area (Å²) in [5.41, 5.74) is 0.652. The lowest BCUT2D eigenvalue weighted by Gasteiger charge is -2.18. The SMILES string of the molecule is CCCCCC(=O)Oc1ccc(C[C@H](NCCOC(=O)OC(C)CCC)C(=O)OC)cc1OC(=O)CCCCC. The van der Waals surface area contributed by atoms with Crippen LogP contribution >= 0.6 is 0 Å². The summed E-state index contributed by atoms with van der Waals surface area (Å²) in [6.07, 6.45) is 6.51. The molecule has 0 bridgehead atoms. The molecule has 10 heteroatoms. The summed E-state index contributed by atoms with van der Waals surface area (Å²) in [5.74, 6) is -1.06. The molecule has 0 saturated heterocycles. The van der Waals surface area contributed by atoms with Gasteiger partial charge in [-0.2, -0.15) is 0 Å². The number of unbranched alkanes of at least 4 members (excludes halogenated alkanes) is 4. The lowest BCUT2D eigenvalue weighted by molar-refractivity contribution is -0.143. The first-order valence-electron chi connectivity index (χ1n) is 14.4. The van der Waals surface area contributed by atoms with Crippen molar-refractivity contribution in [1.82, 2.24) is 5.32 Å². The van der Waals surface area contributed by atoms with E-state index >= 15 is 0 Å². The fourth-order valence-electron chi connectivity index (χ4n) is 3.88. The highest BCUT2D eigenvalue weighted by molar-refractivity contribution is 5.77. The molecule has 0 aliphatic carbocycles. The molecule has 1 N–H and O–H groups in total. The first-order chi connectivity index (χ1) is 19.2. The highest BCUT2D eigenvalue weighted by Crippen LogP contribution is 2.30. The number of hydrogen-bond donors (Lipinski definition) is 1. The number of carbonyl (C=O) groups excluding carboxylic acids is 4. The number of carbonyl (C=O) groups is 4. The van der Waals surface area contributed by atoms with Crippen molar-refractivity contribution in [3.63, 3.8) is 0 Å². The number of hydrogen-bond acceptors (Lipinski definition) is 10. The largest absolute Gasteiger partial charge is 0.508 e. The highest BCUT2D eigenvalue weighted by atomic mass is 16.7. The normalized spacial score (nSPS) is 12.2. The Morgan fingerprint density at radius 3 is 2.05 bits per heavy atom. The van der Waals surface area contributed by atoms with Crippen molar-refractivity contribution in [1.29, 1.82) is 0 Å². The molecular weight excluding hydrogens is 518 g/mol. The molecule has 1 aromatic carbocycles. The van der Waals surface area contributed by atoms with Gasteiger partial charge in [0.05, 0.1) is 7.11 Å². The second-order valence-corrected chi connectivity index (χ2v) is 9.69. The summed E-state index contributed by atoms with van der Waals surface area (Å²) in [6, 6.07) is 4.09. The Kier molecular flexibility index (Phi) is 18.1. The Labute approximate surface area is 238 Å². The van der Waals surface area contributed by atoms with E-state index < -0.39 is 30.1 Å². The van der Waals surface area contributed by atoms with Gasteiger partial charge < -0.3 is 29.0 Å². The van der Waals surface area contributed by atoms with Gasteiger partial charge >= 0.3 is 24.1 Å². The number of benzene rings is 1. The van der Waals surface area contributed by atoms with Crippen molar-refractivity contribution in [2.75, 3.05) is 20.3 Å². The molecule has 0 heterocycles. The van der Waals surface area contributed by atoms with Crippen LogP contribution in [-0.4, -0.2) is 56.5 Å². The Morgan fingerprint density at radius 1 is 0.850 bits per heavy atom. The van der Waals surface area contributed by atoms with Crippen molar-refractivity contribution in [3.8, 4) is 11.5 Å². The zero-order valence-electron chi connectivity index (χ0n) is 24.8. The van der Waals surface area contributed by atoms with Crippen LogP contribution in [0.5, 0.6) is 11.5 Å². The molecule has 0 aliphatic rings. The minimum absolute atomic E-state index is 0.00127. The average molecular weight is 566 g/mol. The average Bonchev–Trinajstić information content (AvgIpc) is 2.91. The van der Waals surface area contributed by atoms with Crippen LogP contribution < -0.4 is 14.8 Å². The minimum Gasteiger partial charge on any atom is -0.468 e. The zero-order chi connectivity index (χ0) is 29.8. The maximum atomic E-state index is 12.5. The van der Waals surface area contributed by atoms with Crippen molar-refractivity contribution < 1.29 is 42.9 Å². The summed E-state index contributed by atoms with van der Waals surface area (Å²) in [7, 11) is 1.28. The second kappa shape index (κ2) is 20.7. The van der Waals surface area contributed by atoms with E-state index in [0.717, 1.165) is 38.5 Å². The number of methoxy groups -OCH3 is 1. The van der Waals surface area contributed by atoms with Crippen LogP contribution in [-0.2, 0) is 35.0 Å². The van der Waals surface area contributed by atoms with Crippen molar-refractivity contribution in [3.05, 3.63) is 23.8 Å². The molecule has 1 aromatic rings. The van der Waals surface area contributed by atoms with Gasteiger partial charge in [-0.05, 0) is 50.3 Å². The summed E-state index contributed by atoms with van der Waals surface area (Å²) >= 11 is 0. The maximum Gasteiger partial charge on any atom is 0.508 e. The van der Waals surface area contributed by atoms with Gasteiger partial charge in [0.2, 0.25) is 0 Å². The second-order valence-electron chi connectivity index (χ2n) is 9.69. The molecule has 0 aliphatic heterocycles. The van der Waals surface area contributed by atoms with Gasteiger partial charge in [0.25, 0.3) is 0 Å². The quantitative estimate of drug-likeness (QED) is 0.120. The number of nitrogens with one attached hydrogen (secondary N) is 1. The summed E-state index contributed by atoms with van der Waals surface area (Å²) < 4.78 is 26.2. The van der Waals surface area contributed by atoms with E-state index in [-0.39, 0.29) is 50.0 Å². The van der Waals surface area contributed by atoms with Crippen LogP contribution in [0, 0.1) is 0 Å². The summed E-state index contributed by atoms with van der Waals surface area (Å²) in [5, 5.41) is 3.02. The zero-order valence-corrected chi connectivity index (χ0v) is 24.8. The molecule has 1 unspecified atom stereocenters. The molecule has 10 nitrogen and oxygen atoms in total. The lowest BCUT2D eigenvalue weighted by Crippen LogP contribution is -2.41. The Bertz CT molecular complexity index is 918. The predicted molar refractivity (Wildman–Crippen MR) is 150 cm³/mol. The fraction of sp³-hybridized carbons (Fsp3) is 0.667. The molecule has 0 spiro atoms. The third-order valence-corrected chi connectivity index (χ3v) is 6.06. The Morgan fingerprint density at radius 2 is 1.48 bits per heavy atom. The van der Waals surface area contributed by atoms with E-state index in [1.807, 2.05) is 20.8 Å². The van der Waals surface area contributed by atoms with Gasteiger partial charge in [0, 0.05) is 19.4 Å². The molecular formula is C30H47NO9. The van der Waals surface area contributed by atoms with E-state index in [2.05, 4.69) is 5.32 Å². The van der Waals surface area contributed by atoms with E-state index in [9.17, 15) is 19.2 Å². The van der Waals surface area contributed by atoms with Gasteiger partial charge in [-0.25, -0.2) is 4.79 Å². The molecule has 0 radical (unpaired) electrons. The van der Waals surface area contributed by atoms with Crippen LogP contribution in [0.4, 0.5) is 4.79 Å². The molecule has 226 valence electrons. The van der Waals surface area contributed by atoms with Crippen molar-refractivity contribution in [2.45, 2.75) is 110 Å². The smallest absolute Gasteiger partial charge is 0.468 e. The molecule has 0 aromatic heterocycles. The van der Waals surface area contributed by atoms with Gasteiger partial charge in [-0.15, -0.1) is 0 Å². The van der Waals surface area contributed by atoms with Gasteiger partial charge in [0.15, 0.2) is 11.5 Å². The fourth-order valence-corrected chi connectivity index (χ4v) is 3.88. The van der Waals surface area contributed by atoms with Crippen LogP contribution in [0.15, 0.2) is 18.2 Å². The molecule has 1 rings (SSSR count). The van der Waals surface area contributed by atoms with E-state index in [0.29, 0.717) is 18.4 Å². The first-order valence-corrected chi connectivity index (χ1v) is 14.4. The molecule has 2 atom stereocenters. The third kappa shape index (κ3) is 14.9. The maximum absolute atomic E-state index is 12.5. The Balaban J connectivity index is 2.90. The standard InChI is InChI=1S/C30H47NO9/c1-6-9-11-14-27(32)39-25-17-16-23(21-26(25)40-28(33)15-12-10-7-2)20-24(29(34)36-5)31-18-19-37-30(35)38-22(4)13-8-3/h16-17,21-22,24,31H,6-15,18-20H2,1-5H3/t22?,24-/m0/s1. The lowest BCUT2D eigenvalue weighted by atomic mass is 10.0. The monoisotopic (exact) mass is 565 g/mol. The van der Waals surface area contributed by atoms with Crippen LogP contribution in [0.25, 0.3) is 0 Å². The van der Waals surface area contributed by atoms with Crippen molar-refractivity contribution in [2.24, 2.45) is 0 Å². The molecule has 40 heavy (non-hydrogen) atoms. The number of rotatable bonds is 20. The third-order valence-electron chi connectivity index (χ3n) is 6.06. The van der Waals surface area contributed by atoms with Gasteiger partial charge in [0.1, 0.15) is 18.8 Å². The van der Waals surface area contributed by atoms with Crippen LogP contribution in [0.2, 0.25) is 0 Å². The predicted octanol–water partition coefficient (Wildman–Crippen LogP) is 5.67. The summed E-state index contributed by atoms with van der Waals surface area (Å²) in [6.45, 7) is 8.07. The Hall–Kier alpha value is -3.14. The van der Waals surface area contributed by atoms with E-state index in [1.165, 1.54) is 7.11 Å². The van der Waals surface area contributed by atoms with Gasteiger partial charge in [-0.3, -0.25) is 14.4 Å². The summed E-state index contributed by atoms with van der Waals surface area (Å²) in [4.78, 5) is 49.0. The molecule has 0 amide bonds. The van der Waals surface area contributed by atoms with E-state index in [1.54, 1.807) is 25.1 Å². The number of ether oxygens (including phenoxy) is 5. The van der Waals surface area contributed by atoms with Crippen LogP contribution in [0.1, 0.15) is 97.5 Å². The van der Waals surface area contributed by atoms with E-state index in [4.69, 9.17) is 23.7 Å². The molecule has 0 saturated carbocycles. The van der Waals surface area contributed by atoms with Crippen molar-refractivity contribution >= 4 is 24.1 Å². The highest BCUT2D eigenvalue weighted by Gasteiger charge is 2.22. The van der Waals surface area contributed by atoms with Gasteiger partial charge in [-0.1, -0.05) is 58.9 Å². The molecule has 0 fully saturated rings. The topological polar surface area (TPSA) is 126 Å². The van der Waals surface area contributed by atoms with Crippen LogP contribution in [0.3, 0.4) is 0 Å². The number of esters is 3.